The molecule has 1 fully saturated rings. The van der Waals surface area contributed by atoms with E-state index in [1.165, 1.54) is 6.07 Å². The van der Waals surface area contributed by atoms with Crippen LogP contribution in [0.5, 0.6) is 5.75 Å². The quantitative estimate of drug-likeness (QED) is 0.379. The average Bonchev–Trinajstić information content (AvgIpc) is 2.78. The van der Waals surface area contributed by atoms with Gasteiger partial charge in [0.1, 0.15) is 11.6 Å². The molecule has 1 saturated carbocycles. The first-order valence-corrected chi connectivity index (χ1v) is 12.0. The summed E-state index contributed by atoms with van der Waals surface area (Å²) in [6, 6.07) is 18.6. The first-order valence-electron chi connectivity index (χ1n) is 12.0. The molecule has 0 amide bonds. The third-order valence-electron chi connectivity index (χ3n) is 6.84. The molecule has 3 aromatic carbocycles. The molecule has 3 aromatic rings. The SMILES string of the molecule is COc1ccc(F)c(-c2ccc(COC3(c4cccc(CC(=O)O)c4)CCC3)cc2C(C)(C)C)c1. The number of aliphatic carboxylic acids is 1. The molecule has 0 aliphatic heterocycles. The molecule has 0 aromatic heterocycles. The summed E-state index contributed by atoms with van der Waals surface area (Å²) in [6.45, 7) is 6.79. The fourth-order valence-corrected chi connectivity index (χ4v) is 4.75. The molecule has 0 saturated heterocycles. The molecule has 4 nitrogen and oxygen atoms in total. The van der Waals surface area contributed by atoms with Crippen LogP contribution in [0.3, 0.4) is 0 Å². The third kappa shape index (κ3) is 5.40. The topological polar surface area (TPSA) is 55.8 Å². The van der Waals surface area contributed by atoms with Gasteiger partial charge in [0, 0.05) is 5.56 Å². The van der Waals surface area contributed by atoms with Crippen molar-refractivity contribution in [1.82, 2.24) is 0 Å². The van der Waals surface area contributed by atoms with E-state index in [1.54, 1.807) is 19.2 Å². The molecule has 184 valence electrons. The number of ether oxygens (including phenoxy) is 2. The molecule has 0 unspecified atom stereocenters. The molecule has 0 spiro atoms. The van der Waals surface area contributed by atoms with Gasteiger partial charge in [0.2, 0.25) is 0 Å². The van der Waals surface area contributed by atoms with Crippen molar-refractivity contribution >= 4 is 5.97 Å². The van der Waals surface area contributed by atoms with Crippen LogP contribution in [-0.4, -0.2) is 18.2 Å². The lowest BCUT2D eigenvalue weighted by Crippen LogP contribution is -2.37. The molecule has 0 heterocycles. The maximum Gasteiger partial charge on any atom is 0.307 e. The molecular formula is C30H33FO4. The van der Waals surface area contributed by atoms with Gasteiger partial charge in [-0.25, -0.2) is 4.39 Å². The molecule has 1 aliphatic rings. The number of carbonyl (C=O) groups is 1. The van der Waals surface area contributed by atoms with Crippen LogP contribution >= 0.6 is 0 Å². The van der Waals surface area contributed by atoms with Crippen LogP contribution in [0.15, 0.2) is 60.7 Å². The van der Waals surface area contributed by atoms with Crippen molar-refractivity contribution in [2.45, 2.75) is 64.1 Å². The first-order chi connectivity index (χ1) is 16.6. The largest absolute Gasteiger partial charge is 0.497 e. The number of halogens is 1. The molecule has 1 N–H and O–H groups in total. The van der Waals surface area contributed by atoms with Gasteiger partial charge in [0.15, 0.2) is 0 Å². The van der Waals surface area contributed by atoms with Crippen molar-refractivity contribution in [2.24, 2.45) is 0 Å². The Morgan fingerprint density at radius 3 is 2.40 bits per heavy atom. The highest BCUT2D eigenvalue weighted by molar-refractivity contribution is 5.71. The van der Waals surface area contributed by atoms with Crippen molar-refractivity contribution in [3.8, 4) is 16.9 Å². The van der Waals surface area contributed by atoms with Gasteiger partial charge in [-0.05, 0) is 70.7 Å². The number of hydrogen-bond acceptors (Lipinski definition) is 3. The van der Waals surface area contributed by atoms with Crippen LogP contribution < -0.4 is 4.74 Å². The number of carboxylic acids is 1. The number of methoxy groups -OCH3 is 1. The van der Waals surface area contributed by atoms with Crippen molar-refractivity contribution < 1.29 is 23.8 Å². The second-order valence-corrected chi connectivity index (χ2v) is 10.4. The molecular weight excluding hydrogens is 443 g/mol. The maximum atomic E-state index is 14.8. The number of benzene rings is 3. The number of hydrogen-bond donors (Lipinski definition) is 1. The van der Waals surface area contributed by atoms with Crippen LogP contribution in [-0.2, 0) is 33.6 Å². The van der Waals surface area contributed by atoms with E-state index in [0.29, 0.717) is 17.9 Å². The van der Waals surface area contributed by atoms with E-state index in [-0.39, 0.29) is 17.7 Å². The Hall–Kier alpha value is -3.18. The summed E-state index contributed by atoms with van der Waals surface area (Å²) in [7, 11) is 1.58. The van der Waals surface area contributed by atoms with Gasteiger partial charge in [0.25, 0.3) is 0 Å². The monoisotopic (exact) mass is 476 g/mol. The summed E-state index contributed by atoms with van der Waals surface area (Å²) in [5.74, 6) is -0.506. The zero-order valence-corrected chi connectivity index (χ0v) is 20.9. The lowest BCUT2D eigenvalue weighted by molar-refractivity contribution is -0.136. The minimum absolute atomic E-state index is 0.00115. The van der Waals surface area contributed by atoms with Crippen LogP contribution in [0.2, 0.25) is 0 Å². The second-order valence-electron chi connectivity index (χ2n) is 10.4. The van der Waals surface area contributed by atoms with Crippen LogP contribution in [0, 0.1) is 5.82 Å². The standard InChI is InChI=1S/C30H33FO4/c1-29(2,3)26-16-21(9-11-24(26)25-18-23(34-4)10-12-27(25)31)19-35-30(13-6-14-30)22-8-5-7-20(15-22)17-28(32)33/h5,7-12,15-16,18H,6,13-14,17,19H2,1-4H3,(H,32,33). The Morgan fingerprint density at radius 1 is 1.00 bits per heavy atom. The summed E-state index contributed by atoms with van der Waals surface area (Å²) in [4.78, 5) is 11.2. The highest BCUT2D eigenvalue weighted by Crippen LogP contribution is 2.46. The Kier molecular flexibility index (Phi) is 7.00. The summed E-state index contributed by atoms with van der Waals surface area (Å²) in [5, 5.41) is 9.16. The summed E-state index contributed by atoms with van der Waals surface area (Å²) < 4.78 is 26.7. The lowest BCUT2D eigenvalue weighted by atomic mass is 9.74. The maximum absolute atomic E-state index is 14.8. The molecule has 0 bridgehead atoms. The minimum Gasteiger partial charge on any atom is -0.497 e. The molecule has 35 heavy (non-hydrogen) atoms. The van der Waals surface area contributed by atoms with E-state index in [1.807, 2.05) is 36.4 Å². The van der Waals surface area contributed by atoms with Gasteiger partial charge >= 0.3 is 5.97 Å². The Labute approximate surface area is 206 Å². The van der Waals surface area contributed by atoms with E-state index in [0.717, 1.165) is 47.1 Å². The van der Waals surface area contributed by atoms with Gasteiger partial charge in [0.05, 0.1) is 25.7 Å². The lowest BCUT2D eigenvalue weighted by Gasteiger charge is -2.42. The zero-order valence-electron chi connectivity index (χ0n) is 20.9. The van der Waals surface area contributed by atoms with Crippen molar-refractivity contribution in [1.29, 1.82) is 0 Å². The summed E-state index contributed by atoms with van der Waals surface area (Å²) in [6.07, 6.45) is 2.89. The van der Waals surface area contributed by atoms with Crippen molar-refractivity contribution in [3.63, 3.8) is 0 Å². The fourth-order valence-electron chi connectivity index (χ4n) is 4.75. The summed E-state index contributed by atoms with van der Waals surface area (Å²) in [5.41, 5.74) is 4.64. The van der Waals surface area contributed by atoms with Gasteiger partial charge in [-0.3, -0.25) is 4.79 Å². The first kappa shape index (κ1) is 24.9. The predicted molar refractivity (Wildman–Crippen MR) is 135 cm³/mol. The van der Waals surface area contributed by atoms with E-state index < -0.39 is 11.6 Å². The van der Waals surface area contributed by atoms with Crippen LogP contribution in [0.25, 0.3) is 11.1 Å². The van der Waals surface area contributed by atoms with E-state index in [9.17, 15) is 9.18 Å². The van der Waals surface area contributed by atoms with Crippen molar-refractivity contribution in [3.05, 3.63) is 88.7 Å². The Bertz CT molecular complexity index is 1220. The van der Waals surface area contributed by atoms with E-state index in [2.05, 4.69) is 26.8 Å². The van der Waals surface area contributed by atoms with E-state index >= 15 is 0 Å². The molecule has 1 aliphatic carbocycles. The molecule has 4 rings (SSSR count). The highest BCUT2D eigenvalue weighted by Gasteiger charge is 2.40. The highest BCUT2D eigenvalue weighted by atomic mass is 19.1. The average molecular weight is 477 g/mol. The van der Waals surface area contributed by atoms with Crippen LogP contribution in [0.4, 0.5) is 4.39 Å². The van der Waals surface area contributed by atoms with Gasteiger partial charge in [-0.15, -0.1) is 0 Å². The fraction of sp³-hybridized carbons (Fsp3) is 0.367. The van der Waals surface area contributed by atoms with E-state index in [4.69, 9.17) is 14.6 Å². The minimum atomic E-state index is -0.840. The van der Waals surface area contributed by atoms with Gasteiger partial charge in [-0.1, -0.05) is 63.2 Å². The molecule has 0 radical (unpaired) electrons. The predicted octanol–water partition coefficient (Wildman–Crippen LogP) is 7.02. The third-order valence-corrected chi connectivity index (χ3v) is 6.84. The Morgan fingerprint density at radius 2 is 1.77 bits per heavy atom. The smallest absolute Gasteiger partial charge is 0.307 e. The van der Waals surface area contributed by atoms with Gasteiger partial charge < -0.3 is 14.6 Å². The normalized spacial score (nSPS) is 14.9. The second kappa shape index (κ2) is 9.82. The number of rotatable bonds is 8. The summed E-state index contributed by atoms with van der Waals surface area (Å²) >= 11 is 0. The van der Waals surface area contributed by atoms with Crippen molar-refractivity contribution in [2.75, 3.05) is 7.11 Å². The van der Waals surface area contributed by atoms with Gasteiger partial charge in [-0.2, -0.15) is 0 Å². The van der Waals surface area contributed by atoms with Crippen LogP contribution in [0.1, 0.15) is 62.3 Å². The molecule has 5 heteroatoms. The zero-order chi connectivity index (χ0) is 25.2. The Balaban J connectivity index is 1.62. The number of carboxylic acid groups (broad SMARTS) is 1. The molecule has 0 atom stereocenters.